The van der Waals surface area contributed by atoms with Gasteiger partial charge in [-0.25, -0.2) is 0 Å². The van der Waals surface area contributed by atoms with Crippen LogP contribution in [0, 0.1) is 17.2 Å². The van der Waals surface area contributed by atoms with Gasteiger partial charge in [-0.2, -0.15) is 17.0 Å². The fourth-order valence-electron chi connectivity index (χ4n) is 1.35. The molecule has 0 bridgehead atoms. The first kappa shape index (κ1) is 14.6. The summed E-state index contributed by atoms with van der Waals surface area (Å²) >= 11 is 1.63. The molecule has 18 heavy (non-hydrogen) atoms. The van der Waals surface area contributed by atoms with Crippen molar-refractivity contribution in [1.82, 2.24) is 0 Å². The zero-order valence-corrected chi connectivity index (χ0v) is 11.6. The molecule has 4 heteroatoms. The van der Waals surface area contributed by atoms with E-state index in [1.165, 1.54) is 0 Å². The van der Waals surface area contributed by atoms with Gasteiger partial charge in [-0.1, -0.05) is 32.4 Å². The molecule has 0 saturated carbocycles. The van der Waals surface area contributed by atoms with Crippen molar-refractivity contribution in [2.45, 2.75) is 20.3 Å². The summed E-state index contributed by atoms with van der Waals surface area (Å²) in [4.78, 5) is 11.7. The Bertz CT molecular complexity index is 440. The molecule has 0 aliphatic carbocycles. The van der Waals surface area contributed by atoms with Crippen LogP contribution in [0.15, 0.2) is 24.3 Å². The number of nitriles is 1. The maximum atomic E-state index is 11.7. The van der Waals surface area contributed by atoms with E-state index < -0.39 is 0 Å². The number of carbonyl (C=O) groups is 1. The lowest BCUT2D eigenvalue weighted by Crippen LogP contribution is -2.15. The minimum absolute atomic E-state index is 0.0500. The van der Waals surface area contributed by atoms with Crippen molar-refractivity contribution in [2.75, 3.05) is 16.8 Å². The standard InChI is InChI=1S/C14H18N2OS/c1-3-11(2)9-18-10-14(17)16-13-7-5-4-6-12(13)8-15/h4-7,11H,3,9-10H2,1-2H3,(H,16,17). The largest absolute Gasteiger partial charge is 0.324 e. The Hall–Kier alpha value is -1.47. The highest BCUT2D eigenvalue weighted by molar-refractivity contribution is 7.99. The molecule has 96 valence electrons. The number of amides is 1. The van der Waals surface area contributed by atoms with Crippen LogP contribution in [0.1, 0.15) is 25.8 Å². The lowest BCUT2D eigenvalue weighted by Gasteiger charge is -2.09. The molecular weight excluding hydrogens is 244 g/mol. The number of nitrogens with one attached hydrogen (secondary N) is 1. The summed E-state index contributed by atoms with van der Waals surface area (Å²) in [6.45, 7) is 4.32. The molecule has 1 aromatic carbocycles. The van der Waals surface area contributed by atoms with Gasteiger partial charge in [-0.15, -0.1) is 0 Å². The fraction of sp³-hybridized carbons (Fsp3) is 0.429. The average Bonchev–Trinajstić information content (AvgIpc) is 2.39. The number of thioether (sulfide) groups is 1. The van der Waals surface area contributed by atoms with E-state index in [2.05, 4.69) is 25.2 Å². The minimum Gasteiger partial charge on any atom is -0.324 e. The summed E-state index contributed by atoms with van der Waals surface area (Å²) in [7, 11) is 0. The highest BCUT2D eigenvalue weighted by Crippen LogP contribution is 2.15. The summed E-state index contributed by atoms with van der Waals surface area (Å²) in [6.07, 6.45) is 1.13. The van der Waals surface area contributed by atoms with Crippen molar-refractivity contribution in [1.29, 1.82) is 5.26 Å². The molecule has 0 aliphatic heterocycles. The molecule has 1 unspecified atom stereocenters. The number of hydrogen-bond acceptors (Lipinski definition) is 3. The van der Waals surface area contributed by atoms with Gasteiger partial charge in [0.05, 0.1) is 17.0 Å². The van der Waals surface area contributed by atoms with Gasteiger partial charge < -0.3 is 5.32 Å². The highest BCUT2D eigenvalue weighted by atomic mass is 32.2. The Labute approximate surface area is 113 Å². The van der Waals surface area contributed by atoms with Gasteiger partial charge >= 0.3 is 0 Å². The van der Waals surface area contributed by atoms with Crippen LogP contribution in [0.5, 0.6) is 0 Å². The third-order valence-electron chi connectivity index (χ3n) is 2.65. The van der Waals surface area contributed by atoms with Gasteiger partial charge in [-0.05, 0) is 23.8 Å². The van der Waals surface area contributed by atoms with E-state index in [4.69, 9.17) is 5.26 Å². The molecule has 0 aliphatic rings. The Balaban J connectivity index is 2.43. The second-order valence-corrected chi connectivity index (χ2v) is 5.26. The van der Waals surface area contributed by atoms with Crippen LogP contribution in [0.3, 0.4) is 0 Å². The molecule has 3 nitrogen and oxygen atoms in total. The molecule has 1 rings (SSSR count). The van der Waals surface area contributed by atoms with Crippen molar-refractivity contribution >= 4 is 23.4 Å². The molecule has 0 saturated heterocycles. The highest BCUT2D eigenvalue weighted by Gasteiger charge is 2.07. The number of nitrogens with zero attached hydrogens (tertiary/aromatic N) is 1. The zero-order valence-electron chi connectivity index (χ0n) is 10.8. The van der Waals surface area contributed by atoms with Gasteiger partial charge in [0.1, 0.15) is 6.07 Å². The number of anilines is 1. The Morgan fingerprint density at radius 2 is 2.22 bits per heavy atom. The first-order valence-corrected chi connectivity index (χ1v) is 7.19. The van der Waals surface area contributed by atoms with Gasteiger partial charge in [0, 0.05) is 0 Å². The topological polar surface area (TPSA) is 52.9 Å². The number of benzene rings is 1. The second-order valence-electron chi connectivity index (χ2n) is 4.23. The summed E-state index contributed by atoms with van der Waals surface area (Å²) in [5.74, 6) is 2.01. The molecule has 0 radical (unpaired) electrons. The van der Waals surface area contributed by atoms with E-state index in [0.29, 0.717) is 22.9 Å². The third-order valence-corrected chi connectivity index (χ3v) is 3.93. The molecule has 0 heterocycles. The number of carbonyl (C=O) groups excluding carboxylic acids is 1. The van der Waals surface area contributed by atoms with Gasteiger partial charge in [-0.3, -0.25) is 4.79 Å². The van der Waals surface area contributed by atoms with Crippen molar-refractivity contribution in [3.63, 3.8) is 0 Å². The maximum absolute atomic E-state index is 11.7. The predicted molar refractivity (Wildman–Crippen MR) is 76.6 cm³/mol. The second kappa shape index (κ2) is 7.78. The third kappa shape index (κ3) is 4.80. The van der Waals surface area contributed by atoms with Crippen LogP contribution in [-0.4, -0.2) is 17.4 Å². The fourth-order valence-corrected chi connectivity index (χ4v) is 2.36. The van der Waals surface area contributed by atoms with Crippen molar-refractivity contribution in [3.8, 4) is 6.07 Å². The van der Waals surface area contributed by atoms with E-state index in [0.717, 1.165) is 12.2 Å². The average molecular weight is 262 g/mol. The smallest absolute Gasteiger partial charge is 0.234 e. The monoisotopic (exact) mass is 262 g/mol. The lowest BCUT2D eigenvalue weighted by atomic mass is 10.2. The lowest BCUT2D eigenvalue weighted by molar-refractivity contribution is -0.113. The molecule has 0 fully saturated rings. The van der Waals surface area contributed by atoms with Crippen molar-refractivity contribution in [2.24, 2.45) is 5.92 Å². The van der Waals surface area contributed by atoms with Crippen LogP contribution in [0.25, 0.3) is 0 Å². The van der Waals surface area contributed by atoms with Crippen LogP contribution < -0.4 is 5.32 Å². The van der Waals surface area contributed by atoms with Crippen molar-refractivity contribution < 1.29 is 4.79 Å². The van der Waals surface area contributed by atoms with Gasteiger partial charge in [0.2, 0.25) is 5.91 Å². The Morgan fingerprint density at radius 1 is 1.50 bits per heavy atom. The molecule has 1 aromatic rings. The molecule has 1 atom stereocenters. The van der Waals surface area contributed by atoms with Crippen LogP contribution in [-0.2, 0) is 4.79 Å². The quantitative estimate of drug-likeness (QED) is 0.856. The van der Waals surface area contributed by atoms with E-state index in [9.17, 15) is 4.79 Å². The summed E-state index contributed by atoms with van der Waals surface area (Å²) in [5.41, 5.74) is 1.09. The first-order valence-electron chi connectivity index (χ1n) is 6.04. The number of para-hydroxylation sites is 1. The molecule has 0 aromatic heterocycles. The van der Waals surface area contributed by atoms with Crippen LogP contribution in [0.4, 0.5) is 5.69 Å². The SMILES string of the molecule is CCC(C)CSCC(=O)Nc1ccccc1C#N. The summed E-state index contributed by atoms with van der Waals surface area (Å²) < 4.78 is 0. The molecule has 1 N–H and O–H groups in total. The van der Waals surface area contributed by atoms with Crippen molar-refractivity contribution in [3.05, 3.63) is 29.8 Å². The van der Waals surface area contributed by atoms with E-state index >= 15 is 0 Å². The minimum atomic E-state index is -0.0500. The van der Waals surface area contributed by atoms with E-state index in [1.807, 2.05) is 6.07 Å². The van der Waals surface area contributed by atoms with Crippen LogP contribution >= 0.6 is 11.8 Å². The normalized spacial score (nSPS) is 11.6. The number of hydrogen-bond donors (Lipinski definition) is 1. The van der Waals surface area contributed by atoms with E-state index in [-0.39, 0.29) is 5.91 Å². The van der Waals surface area contributed by atoms with E-state index in [1.54, 1.807) is 30.0 Å². The maximum Gasteiger partial charge on any atom is 0.234 e. The Morgan fingerprint density at radius 3 is 2.89 bits per heavy atom. The Kier molecular flexibility index (Phi) is 6.31. The summed E-state index contributed by atoms with van der Waals surface area (Å²) in [5, 5.41) is 11.7. The van der Waals surface area contributed by atoms with Crippen LogP contribution in [0.2, 0.25) is 0 Å². The number of rotatable bonds is 6. The van der Waals surface area contributed by atoms with Gasteiger partial charge in [0.15, 0.2) is 0 Å². The first-order chi connectivity index (χ1) is 8.67. The zero-order chi connectivity index (χ0) is 13.4. The molecule has 0 spiro atoms. The summed E-state index contributed by atoms with van der Waals surface area (Å²) in [6, 6.07) is 9.10. The molecule has 1 amide bonds. The molecular formula is C14H18N2OS. The predicted octanol–water partition coefficient (Wildman–Crippen LogP) is 3.28. The van der Waals surface area contributed by atoms with Gasteiger partial charge in [0.25, 0.3) is 0 Å².